The first kappa shape index (κ1) is 14.4. The minimum atomic E-state index is -0.784. The van der Waals surface area contributed by atoms with Crippen molar-refractivity contribution in [3.63, 3.8) is 0 Å². The summed E-state index contributed by atoms with van der Waals surface area (Å²) in [5.74, 6) is -0.476. The van der Waals surface area contributed by atoms with Gasteiger partial charge in [-0.05, 0) is 31.9 Å². The molecule has 1 unspecified atom stereocenters. The number of methoxy groups -OCH3 is 2. The van der Waals surface area contributed by atoms with Gasteiger partial charge in [0.2, 0.25) is 0 Å². The molecule has 0 saturated heterocycles. The molecule has 0 N–H and O–H groups in total. The molecule has 1 aromatic rings. The van der Waals surface area contributed by atoms with Gasteiger partial charge in [0.05, 0.1) is 25.9 Å². The molecule has 1 atom stereocenters. The second-order valence-corrected chi connectivity index (χ2v) is 4.97. The fourth-order valence-electron chi connectivity index (χ4n) is 2.36. The van der Waals surface area contributed by atoms with Gasteiger partial charge in [0, 0.05) is 6.07 Å². The zero-order valence-electron chi connectivity index (χ0n) is 12.1. The van der Waals surface area contributed by atoms with Gasteiger partial charge in [0.15, 0.2) is 5.78 Å². The number of esters is 1. The number of fused-ring (bicyclic) bond motifs is 1. The second-order valence-electron chi connectivity index (χ2n) is 4.97. The molecule has 0 fully saturated rings. The van der Waals surface area contributed by atoms with Gasteiger partial charge in [-0.15, -0.1) is 0 Å². The van der Waals surface area contributed by atoms with E-state index in [0.717, 1.165) is 5.56 Å². The number of hydrogen-bond donors (Lipinski definition) is 0. The molecule has 0 spiro atoms. The highest BCUT2D eigenvalue weighted by molar-refractivity contribution is 6.13. The van der Waals surface area contributed by atoms with Crippen LogP contribution in [-0.2, 0) is 16.0 Å². The summed E-state index contributed by atoms with van der Waals surface area (Å²) in [4.78, 5) is 24.4. The van der Waals surface area contributed by atoms with Crippen molar-refractivity contribution in [1.82, 2.24) is 0 Å². The van der Waals surface area contributed by atoms with E-state index < -0.39 is 11.9 Å². The molecule has 5 nitrogen and oxygen atoms in total. The van der Waals surface area contributed by atoms with Crippen LogP contribution in [0.4, 0.5) is 0 Å². The lowest BCUT2D eigenvalue weighted by atomic mass is 10.1. The molecule has 0 aliphatic heterocycles. The maximum atomic E-state index is 12.4. The van der Waals surface area contributed by atoms with Gasteiger partial charge in [-0.3, -0.25) is 9.59 Å². The van der Waals surface area contributed by atoms with Crippen LogP contribution in [0.3, 0.4) is 0 Å². The highest BCUT2D eigenvalue weighted by atomic mass is 16.5. The number of carbonyl (C=O) groups is 2. The first-order valence-electron chi connectivity index (χ1n) is 6.47. The van der Waals surface area contributed by atoms with Gasteiger partial charge >= 0.3 is 5.97 Å². The van der Waals surface area contributed by atoms with Crippen molar-refractivity contribution in [1.29, 1.82) is 0 Å². The number of carbonyl (C=O) groups excluding carboxylic acids is 2. The Morgan fingerprint density at radius 1 is 1.25 bits per heavy atom. The lowest BCUT2D eigenvalue weighted by Crippen LogP contribution is -2.25. The SMILES string of the molecule is COc1cc2c(c(OC)c1)C(=O)C(C(=O)OC(C)C)C2. The van der Waals surface area contributed by atoms with Crippen LogP contribution >= 0.6 is 0 Å². The van der Waals surface area contributed by atoms with Crippen molar-refractivity contribution >= 4 is 11.8 Å². The number of Topliss-reactive ketones (excluding diaryl/α,β-unsaturated/α-hetero) is 1. The summed E-state index contributed by atoms with van der Waals surface area (Å²) >= 11 is 0. The molecule has 0 amide bonds. The van der Waals surface area contributed by atoms with E-state index in [1.54, 1.807) is 33.1 Å². The van der Waals surface area contributed by atoms with Crippen LogP contribution in [0.1, 0.15) is 29.8 Å². The monoisotopic (exact) mass is 278 g/mol. The van der Waals surface area contributed by atoms with Gasteiger partial charge in [0.1, 0.15) is 17.4 Å². The summed E-state index contributed by atoms with van der Waals surface area (Å²) < 4.78 is 15.5. The topological polar surface area (TPSA) is 61.8 Å². The van der Waals surface area contributed by atoms with Crippen molar-refractivity contribution in [2.24, 2.45) is 5.92 Å². The maximum Gasteiger partial charge on any atom is 0.317 e. The third-order valence-electron chi connectivity index (χ3n) is 3.24. The number of benzene rings is 1. The van der Waals surface area contributed by atoms with E-state index in [9.17, 15) is 9.59 Å². The molecule has 0 aromatic heterocycles. The normalized spacial score (nSPS) is 17.1. The van der Waals surface area contributed by atoms with Crippen LogP contribution in [0.15, 0.2) is 12.1 Å². The highest BCUT2D eigenvalue weighted by Crippen LogP contribution is 2.37. The Kier molecular flexibility index (Phi) is 3.97. The van der Waals surface area contributed by atoms with E-state index in [0.29, 0.717) is 23.5 Å². The average Bonchev–Trinajstić information content (AvgIpc) is 2.74. The smallest absolute Gasteiger partial charge is 0.317 e. The van der Waals surface area contributed by atoms with Crippen LogP contribution in [0.25, 0.3) is 0 Å². The lowest BCUT2D eigenvalue weighted by Gasteiger charge is -2.11. The van der Waals surface area contributed by atoms with Crippen molar-refractivity contribution in [2.75, 3.05) is 14.2 Å². The van der Waals surface area contributed by atoms with E-state index in [4.69, 9.17) is 14.2 Å². The number of ether oxygens (including phenoxy) is 3. The Labute approximate surface area is 117 Å². The first-order chi connectivity index (χ1) is 9.47. The highest BCUT2D eigenvalue weighted by Gasteiger charge is 2.39. The molecule has 0 saturated carbocycles. The number of rotatable bonds is 4. The molecule has 20 heavy (non-hydrogen) atoms. The summed E-state index contributed by atoms with van der Waals surface area (Å²) in [6.45, 7) is 3.52. The fourth-order valence-corrected chi connectivity index (χ4v) is 2.36. The Morgan fingerprint density at radius 3 is 2.50 bits per heavy atom. The molecular formula is C15H18O5. The molecular weight excluding hydrogens is 260 g/mol. The van der Waals surface area contributed by atoms with Crippen molar-refractivity contribution in [3.05, 3.63) is 23.3 Å². The van der Waals surface area contributed by atoms with Crippen LogP contribution in [0.2, 0.25) is 0 Å². The lowest BCUT2D eigenvalue weighted by molar-refractivity contribution is -0.150. The predicted octanol–water partition coefficient (Wildman–Crippen LogP) is 2.01. The minimum Gasteiger partial charge on any atom is -0.497 e. The standard InChI is InChI=1S/C15H18O5/c1-8(2)20-15(17)11-6-9-5-10(18-3)7-12(19-4)13(9)14(11)16/h5,7-8,11H,6H2,1-4H3. The van der Waals surface area contributed by atoms with E-state index >= 15 is 0 Å². The zero-order chi connectivity index (χ0) is 14.9. The molecule has 5 heteroatoms. The second kappa shape index (κ2) is 5.53. The van der Waals surface area contributed by atoms with Gasteiger partial charge in [-0.1, -0.05) is 0 Å². The number of hydrogen-bond acceptors (Lipinski definition) is 5. The molecule has 1 aromatic carbocycles. The van der Waals surface area contributed by atoms with Crippen molar-refractivity contribution in [3.8, 4) is 11.5 Å². The van der Waals surface area contributed by atoms with E-state index in [-0.39, 0.29) is 11.9 Å². The van der Waals surface area contributed by atoms with Crippen LogP contribution in [-0.4, -0.2) is 32.1 Å². The molecule has 0 radical (unpaired) electrons. The van der Waals surface area contributed by atoms with Crippen molar-refractivity contribution in [2.45, 2.75) is 26.4 Å². The Hall–Kier alpha value is -2.04. The molecule has 108 valence electrons. The summed E-state index contributed by atoms with van der Waals surface area (Å²) in [6.07, 6.45) is 0.0863. The van der Waals surface area contributed by atoms with E-state index in [1.807, 2.05) is 0 Å². The van der Waals surface area contributed by atoms with Crippen LogP contribution in [0, 0.1) is 5.92 Å². The van der Waals surface area contributed by atoms with Gasteiger partial charge in [-0.2, -0.15) is 0 Å². The molecule has 0 heterocycles. The summed E-state index contributed by atoms with van der Waals surface area (Å²) in [6, 6.07) is 3.41. The fraction of sp³-hybridized carbons (Fsp3) is 0.467. The minimum absolute atomic E-state index is 0.240. The Balaban J connectivity index is 2.35. The average molecular weight is 278 g/mol. The van der Waals surface area contributed by atoms with E-state index in [1.165, 1.54) is 7.11 Å². The quantitative estimate of drug-likeness (QED) is 0.623. The molecule has 1 aliphatic rings. The Morgan fingerprint density at radius 2 is 1.95 bits per heavy atom. The summed E-state index contributed by atoms with van der Waals surface area (Å²) in [7, 11) is 3.03. The van der Waals surface area contributed by atoms with Crippen LogP contribution < -0.4 is 9.47 Å². The van der Waals surface area contributed by atoms with Gasteiger partial charge < -0.3 is 14.2 Å². The predicted molar refractivity (Wildman–Crippen MR) is 72.3 cm³/mol. The third-order valence-corrected chi connectivity index (χ3v) is 3.24. The van der Waals surface area contributed by atoms with Gasteiger partial charge in [-0.25, -0.2) is 0 Å². The van der Waals surface area contributed by atoms with E-state index in [2.05, 4.69) is 0 Å². The molecule has 0 bridgehead atoms. The first-order valence-corrected chi connectivity index (χ1v) is 6.47. The maximum absolute atomic E-state index is 12.4. The number of ketones is 1. The van der Waals surface area contributed by atoms with Crippen LogP contribution in [0.5, 0.6) is 11.5 Å². The molecule has 2 rings (SSSR count). The zero-order valence-corrected chi connectivity index (χ0v) is 12.1. The van der Waals surface area contributed by atoms with Crippen molar-refractivity contribution < 1.29 is 23.8 Å². The molecule has 1 aliphatic carbocycles. The Bertz CT molecular complexity index is 547. The van der Waals surface area contributed by atoms with Gasteiger partial charge in [0.25, 0.3) is 0 Å². The summed E-state index contributed by atoms with van der Waals surface area (Å²) in [5.41, 5.74) is 1.22. The summed E-state index contributed by atoms with van der Waals surface area (Å²) in [5, 5.41) is 0. The third kappa shape index (κ3) is 2.48. The largest absolute Gasteiger partial charge is 0.497 e.